The number of nitrogens with one attached hydrogen (secondary N) is 1. The molecule has 1 N–H and O–H groups in total. The van der Waals surface area contributed by atoms with E-state index in [1.54, 1.807) is 48.5 Å². The minimum absolute atomic E-state index is 0.142. The van der Waals surface area contributed by atoms with Gasteiger partial charge in [-0.3, -0.25) is 9.69 Å². The smallest absolute Gasteiger partial charge is 0.243 e. The van der Waals surface area contributed by atoms with Crippen molar-refractivity contribution in [3.05, 3.63) is 59.1 Å². The van der Waals surface area contributed by atoms with Crippen LogP contribution in [0.5, 0.6) is 0 Å². The molecular formula is C20H24ClN3O3S. The summed E-state index contributed by atoms with van der Waals surface area (Å²) in [4.78, 5) is 14.8. The Labute approximate surface area is 171 Å². The zero-order chi connectivity index (χ0) is 20.3. The van der Waals surface area contributed by atoms with Gasteiger partial charge in [-0.15, -0.1) is 0 Å². The first-order valence-electron chi connectivity index (χ1n) is 9.15. The number of halogens is 1. The molecule has 0 aliphatic carbocycles. The SMILES string of the molecule is Cc1ccc(S(=O)(=O)N2CCN([C@@H](C)C(=O)Nc3cccc(Cl)c3)CC2)cc1. The molecule has 1 aliphatic heterocycles. The fraction of sp³-hybridized carbons (Fsp3) is 0.350. The summed E-state index contributed by atoms with van der Waals surface area (Å²) in [5, 5.41) is 3.41. The van der Waals surface area contributed by atoms with Crippen LogP contribution in [0.2, 0.25) is 5.02 Å². The Morgan fingerprint density at radius 1 is 1.07 bits per heavy atom. The summed E-state index contributed by atoms with van der Waals surface area (Å²) in [7, 11) is -3.51. The molecule has 0 spiro atoms. The van der Waals surface area contributed by atoms with Gasteiger partial charge >= 0.3 is 0 Å². The summed E-state index contributed by atoms with van der Waals surface area (Å²) in [5.74, 6) is -0.142. The first kappa shape index (κ1) is 20.8. The maximum absolute atomic E-state index is 12.8. The third-order valence-corrected chi connectivity index (χ3v) is 7.10. The molecule has 8 heteroatoms. The summed E-state index contributed by atoms with van der Waals surface area (Å²) in [5.41, 5.74) is 1.66. The molecule has 1 aliphatic rings. The number of nitrogens with zero attached hydrogens (tertiary/aromatic N) is 2. The zero-order valence-electron chi connectivity index (χ0n) is 15.9. The van der Waals surface area contributed by atoms with Crippen molar-refractivity contribution in [1.82, 2.24) is 9.21 Å². The maximum Gasteiger partial charge on any atom is 0.243 e. The lowest BCUT2D eigenvalue weighted by Gasteiger charge is -2.36. The summed E-state index contributed by atoms with van der Waals surface area (Å²) in [6.07, 6.45) is 0. The molecule has 2 aromatic rings. The predicted molar refractivity (Wildman–Crippen MR) is 111 cm³/mol. The van der Waals surface area contributed by atoms with E-state index in [2.05, 4.69) is 5.32 Å². The van der Waals surface area contributed by atoms with Gasteiger partial charge in [-0.1, -0.05) is 35.4 Å². The van der Waals surface area contributed by atoms with Gasteiger partial charge in [0.05, 0.1) is 10.9 Å². The van der Waals surface area contributed by atoms with Crippen molar-refractivity contribution in [2.75, 3.05) is 31.5 Å². The Hall–Kier alpha value is -1.93. The van der Waals surface area contributed by atoms with Crippen LogP contribution >= 0.6 is 11.6 Å². The van der Waals surface area contributed by atoms with E-state index < -0.39 is 10.0 Å². The van der Waals surface area contributed by atoms with Gasteiger partial charge in [0.2, 0.25) is 15.9 Å². The van der Waals surface area contributed by atoms with Crippen LogP contribution in [0, 0.1) is 6.92 Å². The van der Waals surface area contributed by atoms with Crippen LogP contribution in [0.3, 0.4) is 0 Å². The van der Waals surface area contributed by atoms with Gasteiger partial charge in [0.1, 0.15) is 0 Å². The van der Waals surface area contributed by atoms with Crippen LogP contribution in [-0.4, -0.2) is 55.8 Å². The molecule has 1 fully saturated rings. The highest BCUT2D eigenvalue weighted by Crippen LogP contribution is 2.20. The second-order valence-corrected chi connectivity index (χ2v) is 9.30. The van der Waals surface area contributed by atoms with E-state index in [-0.39, 0.29) is 11.9 Å². The van der Waals surface area contributed by atoms with E-state index in [1.807, 2.05) is 18.7 Å². The molecule has 0 saturated carbocycles. The second-order valence-electron chi connectivity index (χ2n) is 6.93. The fourth-order valence-corrected chi connectivity index (χ4v) is 4.78. The fourth-order valence-electron chi connectivity index (χ4n) is 3.17. The van der Waals surface area contributed by atoms with Gasteiger partial charge in [-0.05, 0) is 44.2 Å². The molecule has 0 unspecified atom stereocenters. The van der Waals surface area contributed by atoms with Crippen molar-refractivity contribution in [1.29, 1.82) is 0 Å². The monoisotopic (exact) mass is 421 g/mol. The average Bonchev–Trinajstić information content (AvgIpc) is 2.68. The van der Waals surface area contributed by atoms with Crippen molar-refractivity contribution < 1.29 is 13.2 Å². The van der Waals surface area contributed by atoms with E-state index in [9.17, 15) is 13.2 Å². The number of hydrogen-bond donors (Lipinski definition) is 1. The van der Waals surface area contributed by atoms with Gasteiger partial charge in [-0.2, -0.15) is 4.31 Å². The number of rotatable bonds is 5. The van der Waals surface area contributed by atoms with E-state index >= 15 is 0 Å². The summed E-state index contributed by atoms with van der Waals surface area (Å²) < 4.78 is 27.1. The second kappa shape index (κ2) is 8.61. The normalized spacial score (nSPS) is 17.2. The Kier molecular flexibility index (Phi) is 6.40. The Morgan fingerprint density at radius 3 is 2.32 bits per heavy atom. The molecule has 0 radical (unpaired) electrons. The summed E-state index contributed by atoms with van der Waals surface area (Å²) >= 11 is 5.95. The third-order valence-electron chi connectivity index (χ3n) is 4.95. The number of carbonyl (C=O) groups excluding carboxylic acids is 1. The van der Waals surface area contributed by atoms with Crippen LogP contribution in [0.15, 0.2) is 53.4 Å². The topological polar surface area (TPSA) is 69.7 Å². The largest absolute Gasteiger partial charge is 0.325 e. The van der Waals surface area contributed by atoms with Gasteiger partial charge < -0.3 is 5.32 Å². The highest BCUT2D eigenvalue weighted by atomic mass is 35.5. The number of amides is 1. The summed E-state index contributed by atoms with van der Waals surface area (Å²) in [6, 6.07) is 13.5. The molecule has 2 aromatic carbocycles. The number of carbonyl (C=O) groups is 1. The van der Waals surface area contributed by atoms with Crippen LogP contribution in [0.1, 0.15) is 12.5 Å². The van der Waals surface area contributed by atoms with Gasteiger partial charge in [0, 0.05) is 36.9 Å². The Bertz CT molecular complexity index is 939. The quantitative estimate of drug-likeness (QED) is 0.805. The average molecular weight is 422 g/mol. The highest BCUT2D eigenvalue weighted by Gasteiger charge is 2.31. The first-order valence-corrected chi connectivity index (χ1v) is 11.0. The van der Waals surface area contributed by atoms with E-state index in [0.717, 1.165) is 5.56 Å². The molecule has 1 saturated heterocycles. The zero-order valence-corrected chi connectivity index (χ0v) is 17.5. The number of aryl methyl sites for hydroxylation is 1. The van der Waals surface area contributed by atoms with Crippen LogP contribution in [0.25, 0.3) is 0 Å². The molecule has 3 rings (SSSR count). The minimum atomic E-state index is -3.51. The Morgan fingerprint density at radius 2 is 1.71 bits per heavy atom. The van der Waals surface area contributed by atoms with E-state index in [4.69, 9.17) is 11.6 Å². The lowest BCUT2D eigenvalue weighted by molar-refractivity contribution is -0.121. The number of piperazine rings is 1. The standard InChI is InChI=1S/C20H24ClN3O3S/c1-15-6-8-19(9-7-15)28(26,27)24-12-10-23(11-13-24)16(2)20(25)22-18-5-3-4-17(21)14-18/h3-9,14,16H,10-13H2,1-2H3,(H,22,25)/t16-/m0/s1. The molecule has 1 amide bonds. The molecule has 1 heterocycles. The maximum atomic E-state index is 12.8. The van der Waals surface area contributed by atoms with Crippen LogP contribution < -0.4 is 5.32 Å². The number of sulfonamides is 1. The van der Waals surface area contributed by atoms with Crippen molar-refractivity contribution >= 4 is 33.2 Å². The Balaban J connectivity index is 1.59. The van der Waals surface area contributed by atoms with Crippen LogP contribution in [-0.2, 0) is 14.8 Å². The lowest BCUT2D eigenvalue weighted by Crippen LogP contribution is -2.53. The molecule has 0 aromatic heterocycles. The van der Waals surface area contributed by atoms with Crippen molar-refractivity contribution in [2.45, 2.75) is 24.8 Å². The highest BCUT2D eigenvalue weighted by molar-refractivity contribution is 7.89. The van der Waals surface area contributed by atoms with Crippen molar-refractivity contribution in [2.24, 2.45) is 0 Å². The van der Waals surface area contributed by atoms with E-state index in [0.29, 0.717) is 41.8 Å². The number of hydrogen-bond acceptors (Lipinski definition) is 4. The van der Waals surface area contributed by atoms with Gasteiger partial charge in [0.25, 0.3) is 0 Å². The number of benzene rings is 2. The predicted octanol–water partition coefficient (Wildman–Crippen LogP) is 2.98. The molecule has 6 nitrogen and oxygen atoms in total. The van der Waals surface area contributed by atoms with Crippen molar-refractivity contribution in [3.8, 4) is 0 Å². The first-order chi connectivity index (χ1) is 13.3. The number of anilines is 1. The molecule has 0 bridgehead atoms. The minimum Gasteiger partial charge on any atom is -0.325 e. The third kappa shape index (κ3) is 4.72. The van der Waals surface area contributed by atoms with Gasteiger partial charge in [-0.25, -0.2) is 8.42 Å². The van der Waals surface area contributed by atoms with Gasteiger partial charge in [0.15, 0.2) is 0 Å². The molecular weight excluding hydrogens is 398 g/mol. The van der Waals surface area contributed by atoms with Crippen molar-refractivity contribution in [3.63, 3.8) is 0 Å². The van der Waals surface area contributed by atoms with E-state index in [1.165, 1.54) is 4.31 Å². The summed E-state index contributed by atoms with van der Waals surface area (Å²) in [6.45, 7) is 5.44. The lowest BCUT2D eigenvalue weighted by atomic mass is 10.2. The molecule has 1 atom stereocenters. The molecule has 28 heavy (non-hydrogen) atoms. The molecule has 150 valence electrons. The van der Waals surface area contributed by atoms with Crippen LogP contribution in [0.4, 0.5) is 5.69 Å².